The number of rotatable bonds is 6. The maximum atomic E-state index is 5.72. The third kappa shape index (κ3) is 3.69. The molecule has 0 bridgehead atoms. The Bertz CT molecular complexity index is 382. The Labute approximate surface area is 106 Å². The molecule has 1 heterocycles. The van der Waals surface area contributed by atoms with Crippen molar-refractivity contribution in [1.29, 1.82) is 0 Å². The third-order valence-electron chi connectivity index (χ3n) is 2.86. The van der Waals surface area contributed by atoms with Gasteiger partial charge < -0.3 is 20.5 Å². The van der Waals surface area contributed by atoms with Crippen LogP contribution >= 0.6 is 0 Å². The van der Waals surface area contributed by atoms with Crippen molar-refractivity contribution in [3.8, 4) is 6.01 Å². The number of ether oxygens (including phenoxy) is 2. The molecule has 0 radical (unpaired) electrons. The molecule has 1 saturated carbocycles. The average Bonchev–Trinajstić information content (AvgIpc) is 2.87. The molecule has 0 spiro atoms. The molecule has 0 amide bonds. The molecule has 7 nitrogen and oxygen atoms in total. The monoisotopic (exact) mass is 253 g/mol. The Morgan fingerprint density at radius 2 is 2.06 bits per heavy atom. The van der Waals surface area contributed by atoms with Crippen molar-refractivity contribution in [3.05, 3.63) is 0 Å². The third-order valence-corrected chi connectivity index (χ3v) is 2.86. The van der Waals surface area contributed by atoms with Crippen LogP contribution in [-0.4, -0.2) is 41.3 Å². The number of nitrogens with zero attached hydrogens (tertiary/aromatic N) is 3. The molecule has 3 N–H and O–H groups in total. The minimum Gasteiger partial charge on any atom is -0.467 e. The highest BCUT2D eigenvalue weighted by Gasteiger charge is 2.14. The van der Waals surface area contributed by atoms with Crippen molar-refractivity contribution < 1.29 is 9.47 Å². The maximum absolute atomic E-state index is 5.72. The van der Waals surface area contributed by atoms with Gasteiger partial charge in [0.15, 0.2) is 0 Å². The molecule has 1 aliphatic rings. The fourth-order valence-electron chi connectivity index (χ4n) is 1.99. The van der Waals surface area contributed by atoms with Gasteiger partial charge >= 0.3 is 6.01 Å². The van der Waals surface area contributed by atoms with E-state index in [4.69, 9.17) is 15.2 Å². The Morgan fingerprint density at radius 1 is 1.28 bits per heavy atom. The van der Waals surface area contributed by atoms with E-state index >= 15 is 0 Å². The number of anilines is 2. The fourth-order valence-corrected chi connectivity index (χ4v) is 1.99. The van der Waals surface area contributed by atoms with Gasteiger partial charge in [-0.2, -0.15) is 15.0 Å². The Hall–Kier alpha value is -1.63. The lowest BCUT2D eigenvalue weighted by atomic mass is 10.3. The molecule has 0 saturated heterocycles. The van der Waals surface area contributed by atoms with Crippen LogP contribution in [0.4, 0.5) is 11.9 Å². The number of hydrogen-bond donors (Lipinski definition) is 2. The average molecular weight is 253 g/mol. The topological polar surface area (TPSA) is 95.2 Å². The van der Waals surface area contributed by atoms with Crippen molar-refractivity contribution in [3.63, 3.8) is 0 Å². The number of hydrogen-bond acceptors (Lipinski definition) is 7. The van der Waals surface area contributed by atoms with Crippen molar-refractivity contribution in [2.24, 2.45) is 0 Å². The van der Waals surface area contributed by atoms with Crippen LogP contribution in [0.3, 0.4) is 0 Å². The highest BCUT2D eigenvalue weighted by molar-refractivity contribution is 5.32. The van der Waals surface area contributed by atoms with E-state index in [1.807, 2.05) is 0 Å². The van der Waals surface area contributed by atoms with Crippen LogP contribution in [0.25, 0.3) is 0 Å². The number of aromatic nitrogens is 3. The van der Waals surface area contributed by atoms with Crippen LogP contribution in [0.5, 0.6) is 6.01 Å². The minimum absolute atomic E-state index is 0.140. The first-order valence-electron chi connectivity index (χ1n) is 6.19. The molecule has 0 unspecified atom stereocenters. The highest BCUT2D eigenvalue weighted by Crippen LogP contribution is 2.20. The summed E-state index contributed by atoms with van der Waals surface area (Å²) >= 11 is 0. The zero-order chi connectivity index (χ0) is 12.8. The van der Waals surface area contributed by atoms with Crippen LogP contribution in [0.2, 0.25) is 0 Å². The van der Waals surface area contributed by atoms with Crippen molar-refractivity contribution >= 4 is 11.9 Å². The first-order valence-corrected chi connectivity index (χ1v) is 6.19. The van der Waals surface area contributed by atoms with Crippen molar-refractivity contribution in [2.75, 3.05) is 31.3 Å². The number of methoxy groups -OCH3 is 1. The molecular weight excluding hydrogens is 234 g/mol. The molecule has 7 heteroatoms. The van der Waals surface area contributed by atoms with Crippen molar-refractivity contribution in [1.82, 2.24) is 15.0 Å². The van der Waals surface area contributed by atoms with Gasteiger partial charge in [0.1, 0.15) is 0 Å². The van der Waals surface area contributed by atoms with E-state index in [1.165, 1.54) is 32.8 Å². The van der Waals surface area contributed by atoms with E-state index in [0.29, 0.717) is 25.2 Å². The lowest BCUT2D eigenvalue weighted by Gasteiger charge is -2.11. The molecule has 1 aromatic heterocycles. The largest absolute Gasteiger partial charge is 0.467 e. The van der Waals surface area contributed by atoms with E-state index in [2.05, 4.69) is 20.3 Å². The summed E-state index contributed by atoms with van der Waals surface area (Å²) in [5, 5.41) is 3.04. The van der Waals surface area contributed by atoms with Crippen molar-refractivity contribution in [2.45, 2.75) is 31.8 Å². The number of nitrogens with two attached hydrogens (primary N) is 1. The first kappa shape index (κ1) is 12.8. The zero-order valence-corrected chi connectivity index (χ0v) is 10.6. The summed E-state index contributed by atoms with van der Waals surface area (Å²) in [7, 11) is 1.49. The Balaban J connectivity index is 1.73. The molecule has 0 aliphatic heterocycles. The summed E-state index contributed by atoms with van der Waals surface area (Å²) < 4.78 is 10.6. The fraction of sp³-hybridized carbons (Fsp3) is 0.727. The summed E-state index contributed by atoms with van der Waals surface area (Å²) in [6.45, 7) is 1.28. The lowest BCUT2D eigenvalue weighted by molar-refractivity contribution is 0.0658. The van der Waals surface area contributed by atoms with E-state index < -0.39 is 0 Å². The predicted molar refractivity (Wildman–Crippen MR) is 67.5 cm³/mol. The van der Waals surface area contributed by atoms with Crippen LogP contribution in [0.1, 0.15) is 25.7 Å². The molecule has 0 atom stereocenters. The van der Waals surface area contributed by atoms with Gasteiger partial charge in [0.2, 0.25) is 11.9 Å². The van der Waals surface area contributed by atoms with E-state index in [-0.39, 0.29) is 12.0 Å². The summed E-state index contributed by atoms with van der Waals surface area (Å²) in [4.78, 5) is 11.8. The first-order chi connectivity index (χ1) is 8.78. The van der Waals surface area contributed by atoms with E-state index in [9.17, 15) is 0 Å². The second-order valence-electron chi connectivity index (χ2n) is 4.21. The second-order valence-corrected chi connectivity index (χ2v) is 4.21. The van der Waals surface area contributed by atoms with Gasteiger partial charge in [-0.1, -0.05) is 12.8 Å². The highest BCUT2D eigenvalue weighted by atomic mass is 16.5. The molecule has 1 aromatic rings. The van der Waals surface area contributed by atoms with Gasteiger partial charge in [-0.3, -0.25) is 0 Å². The second kappa shape index (κ2) is 6.34. The summed E-state index contributed by atoms with van der Waals surface area (Å²) in [6.07, 6.45) is 5.32. The summed E-state index contributed by atoms with van der Waals surface area (Å²) in [5.74, 6) is 0.551. The van der Waals surface area contributed by atoms with Gasteiger partial charge in [-0.15, -0.1) is 0 Å². The quantitative estimate of drug-likeness (QED) is 0.725. The van der Waals surface area contributed by atoms with Crippen LogP contribution in [-0.2, 0) is 4.74 Å². The minimum atomic E-state index is 0.140. The van der Waals surface area contributed by atoms with E-state index in [0.717, 1.165) is 0 Å². The number of nitrogens with one attached hydrogen (secondary N) is 1. The number of nitrogen functional groups attached to an aromatic ring is 1. The van der Waals surface area contributed by atoms with Crippen LogP contribution in [0.15, 0.2) is 0 Å². The normalized spacial score (nSPS) is 15.8. The van der Waals surface area contributed by atoms with Gasteiger partial charge in [0.25, 0.3) is 0 Å². The van der Waals surface area contributed by atoms with Gasteiger partial charge in [-0.05, 0) is 12.8 Å². The van der Waals surface area contributed by atoms with Gasteiger partial charge in [-0.25, -0.2) is 0 Å². The predicted octanol–water partition coefficient (Wildman–Crippen LogP) is 0.833. The Kier molecular flexibility index (Phi) is 4.52. The van der Waals surface area contributed by atoms with Crippen LogP contribution < -0.4 is 15.8 Å². The molecule has 1 fully saturated rings. The standard InChI is InChI=1S/C11H19N5O2/c1-17-11-15-9(12)14-10(16-11)13-6-7-18-8-4-2-3-5-8/h8H,2-7H2,1H3,(H3,12,13,14,15,16). The maximum Gasteiger partial charge on any atom is 0.322 e. The molecular formula is C11H19N5O2. The lowest BCUT2D eigenvalue weighted by Crippen LogP contribution is -2.17. The SMILES string of the molecule is COc1nc(N)nc(NCCOC2CCCC2)n1. The summed E-state index contributed by atoms with van der Waals surface area (Å²) in [5.41, 5.74) is 5.53. The molecule has 0 aromatic carbocycles. The van der Waals surface area contributed by atoms with E-state index in [1.54, 1.807) is 0 Å². The molecule has 1 aliphatic carbocycles. The van der Waals surface area contributed by atoms with Gasteiger partial charge in [0, 0.05) is 6.54 Å². The molecule has 18 heavy (non-hydrogen) atoms. The van der Waals surface area contributed by atoms with Gasteiger partial charge in [0.05, 0.1) is 19.8 Å². The smallest absolute Gasteiger partial charge is 0.322 e. The molecule has 2 rings (SSSR count). The molecule has 100 valence electrons. The summed E-state index contributed by atoms with van der Waals surface area (Å²) in [6, 6.07) is 0.210. The zero-order valence-electron chi connectivity index (χ0n) is 10.6. The Morgan fingerprint density at radius 3 is 2.78 bits per heavy atom. The van der Waals surface area contributed by atoms with Crippen LogP contribution in [0, 0.1) is 0 Å².